The lowest BCUT2D eigenvalue weighted by atomic mass is 10.1. The molecule has 1 amide bonds. The molecule has 0 unspecified atom stereocenters. The van der Waals surface area contributed by atoms with Crippen molar-refractivity contribution in [2.45, 2.75) is 18.9 Å². The molecular weight excluding hydrogens is 256 g/mol. The van der Waals surface area contributed by atoms with Gasteiger partial charge in [0.25, 0.3) is 5.91 Å². The molecule has 1 aliphatic carbocycles. The standard InChI is InChI=1S/C15H14N2O3/c18-13(19)9-17(11-5-6-11)15(20)14-12-4-2-1-3-10(12)7-8-16-14/h1-4,7-8,11H,5-6,9H2,(H,18,19). The van der Waals surface area contributed by atoms with Gasteiger partial charge in [-0.15, -0.1) is 0 Å². The van der Waals surface area contributed by atoms with Gasteiger partial charge in [-0.3, -0.25) is 14.6 Å². The van der Waals surface area contributed by atoms with Crippen molar-refractivity contribution in [3.63, 3.8) is 0 Å². The van der Waals surface area contributed by atoms with Crippen LogP contribution in [0.2, 0.25) is 0 Å². The van der Waals surface area contributed by atoms with Crippen molar-refractivity contribution >= 4 is 22.6 Å². The highest BCUT2D eigenvalue weighted by molar-refractivity contribution is 6.06. The molecule has 1 aromatic carbocycles. The Balaban J connectivity index is 2.00. The number of aromatic nitrogens is 1. The summed E-state index contributed by atoms with van der Waals surface area (Å²) < 4.78 is 0. The Morgan fingerprint density at radius 3 is 2.70 bits per heavy atom. The second-order valence-corrected chi connectivity index (χ2v) is 4.94. The Bertz CT molecular complexity index is 674. The summed E-state index contributed by atoms with van der Waals surface area (Å²) in [6, 6.07) is 9.37. The molecule has 1 fully saturated rings. The first-order valence-electron chi connectivity index (χ1n) is 6.53. The molecule has 1 heterocycles. The lowest BCUT2D eigenvalue weighted by Gasteiger charge is -2.20. The van der Waals surface area contributed by atoms with Crippen LogP contribution in [0.4, 0.5) is 0 Å². The van der Waals surface area contributed by atoms with Crippen molar-refractivity contribution < 1.29 is 14.7 Å². The Kier molecular flexibility index (Phi) is 3.10. The molecule has 2 aromatic rings. The summed E-state index contributed by atoms with van der Waals surface area (Å²) in [5, 5.41) is 10.6. The number of carboxylic acids is 1. The summed E-state index contributed by atoms with van der Waals surface area (Å²) in [7, 11) is 0. The van der Waals surface area contributed by atoms with E-state index in [4.69, 9.17) is 5.11 Å². The second-order valence-electron chi connectivity index (χ2n) is 4.94. The van der Waals surface area contributed by atoms with Gasteiger partial charge >= 0.3 is 5.97 Å². The van der Waals surface area contributed by atoms with Gasteiger partial charge in [-0.05, 0) is 24.3 Å². The Morgan fingerprint density at radius 1 is 1.25 bits per heavy atom. The first-order valence-corrected chi connectivity index (χ1v) is 6.53. The van der Waals surface area contributed by atoms with Crippen LogP contribution in [0, 0.1) is 0 Å². The van der Waals surface area contributed by atoms with Crippen molar-refractivity contribution in [1.29, 1.82) is 0 Å². The lowest BCUT2D eigenvalue weighted by Crippen LogP contribution is -2.38. The monoisotopic (exact) mass is 270 g/mol. The third-order valence-electron chi connectivity index (χ3n) is 3.43. The molecule has 0 aliphatic heterocycles. The van der Waals surface area contributed by atoms with Gasteiger partial charge in [0.05, 0.1) is 0 Å². The van der Waals surface area contributed by atoms with Crippen LogP contribution in [0.3, 0.4) is 0 Å². The minimum absolute atomic E-state index is 0.0411. The molecule has 0 bridgehead atoms. The molecule has 1 aromatic heterocycles. The molecule has 1 aliphatic rings. The summed E-state index contributed by atoms with van der Waals surface area (Å²) in [6.45, 7) is -0.269. The summed E-state index contributed by atoms with van der Waals surface area (Å²) in [5.74, 6) is -1.29. The quantitative estimate of drug-likeness (QED) is 0.921. The van der Waals surface area contributed by atoms with E-state index in [1.165, 1.54) is 4.90 Å². The number of carbonyl (C=O) groups excluding carboxylic acids is 1. The number of hydrogen-bond donors (Lipinski definition) is 1. The van der Waals surface area contributed by atoms with Gasteiger partial charge < -0.3 is 10.0 Å². The van der Waals surface area contributed by atoms with E-state index >= 15 is 0 Å². The Hall–Kier alpha value is -2.43. The number of fused-ring (bicyclic) bond motifs is 1. The van der Waals surface area contributed by atoms with Crippen LogP contribution in [0.25, 0.3) is 10.8 Å². The number of carbonyl (C=O) groups is 2. The van der Waals surface area contributed by atoms with Gasteiger partial charge in [0, 0.05) is 17.6 Å². The number of rotatable bonds is 4. The predicted molar refractivity (Wildman–Crippen MR) is 73.4 cm³/mol. The molecular formula is C15H14N2O3. The molecule has 0 radical (unpaired) electrons. The normalized spacial score (nSPS) is 14.2. The van der Waals surface area contributed by atoms with Crippen LogP contribution in [0.15, 0.2) is 36.5 Å². The molecule has 0 saturated heterocycles. The third kappa shape index (κ3) is 2.34. The smallest absolute Gasteiger partial charge is 0.323 e. The Morgan fingerprint density at radius 2 is 2.00 bits per heavy atom. The number of aliphatic carboxylic acids is 1. The number of benzene rings is 1. The van der Waals surface area contributed by atoms with Gasteiger partial charge in [-0.1, -0.05) is 24.3 Å². The first kappa shape index (κ1) is 12.6. The molecule has 0 spiro atoms. The molecule has 102 valence electrons. The number of amides is 1. The van der Waals surface area contributed by atoms with E-state index in [9.17, 15) is 9.59 Å². The maximum absolute atomic E-state index is 12.6. The largest absolute Gasteiger partial charge is 0.480 e. The van der Waals surface area contributed by atoms with Crippen LogP contribution in [0.5, 0.6) is 0 Å². The molecule has 1 saturated carbocycles. The zero-order valence-electron chi connectivity index (χ0n) is 10.8. The average molecular weight is 270 g/mol. The Labute approximate surface area is 115 Å². The second kappa shape index (κ2) is 4.92. The van der Waals surface area contributed by atoms with E-state index in [1.807, 2.05) is 30.3 Å². The first-order chi connectivity index (χ1) is 9.66. The van der Waals surface area contributed by atoms with Crippen LogP contribution in [-0.2, 0) is 4.79 Å². The van der Waals surface area contributed by atoms with E-state index in [0.29, 0.717) is 5.69 Å². The van der Waals surface area contributed by atoms with Gasteiger partial charge in [0.2, 0.25) is 0 Å². The summed E-state index contributed by atoms with van der Waals surface area (Å²) in [4.78, 5) is 29.1. The van der Waals surface area contributed by atoms with Crippen molar-refractivity contribution in [1.82, 2.24) is 9.88 Å². The highest BCUT2D eigenvalue weighted by atomic mass is 16.4. The van der Waals surface area contributed by atoms with E-state index < -0.39 is 5.97 Å². The average Bonchev–Trinajstić information content (AvgIpc) is 3.28. The maximum atomic E-state index is 12.6. The molecule has 20 heavy (non-hydrogen) atoms. The predicted octanol–water partition coefficient (Wildman–Crippen LogP) is 1.92. The van der Waals surface area contributed by atoms with Crippen molar-refractivity contribution in [3.05, 3.63) is 42.2 Å². The number of hydrogen-bond acceptors (Lipinski definition) is 3. The van der Waals surface area contributed by atoms with Crippen molar-refractivity contribution in [2.24, 2.45) is 0 Å². The van der Waals surface area contributed by atoms with Crippen molar-refractivity contribution in [2.75, 3.05) is 6.54 Å². The van der Waals surface area contributed by atoms with Crippen LogP contribution in [-0.4, -0.2) is 39.5 Å². The van der Waals surface area contributed by atoms with Gasteiger partial charge in [0.15, 0.2) is 0 Å². The van der Waals surface area contributed by atoms with Crippen LogP contribution >= 0.6 is 0 Å². The highest BCUT2D eigenvalue weighted by Crippen LogP contribution is 2.29. The lowest BCUT2D eigenvalue weighted by molar-refractivity contribution is -0.137. The maximum Gasteiger partial charge on any atom is 0.323 e. The SMILES string of the molecule is O=C(O)CN(C(=O)c1nccc2ccccc12)C1CC1. The number of nitrogens with zero attached hydrogens (tertiary/aromatic N) is 2. The van der Waals surface area contributed by atoms with Gasteiger partial charge in [-0.2, -0.15) is 0 Å². The van der Waals surface area contributed by atoms with Crippen LogP contribution in [0.1, 0.15) is 23.3 Å². The molecule has 5 heteroatoms. The zero-order chi connectivity index (χ0) is 14.1. The van der Waals surface area contributed by atoms with Crippen LogP contribution < -0.4 is 0 Å². The minimum atomic E-state index is -0.995. The fourth-order valence-electron chi connectivity index (χ4n) is 2.32. The number of carboxylic acid groups (broad SMARTS) is 1. The summed E-state index contributed by atoms with van der Waals surface area (Å²) >= 11 is 0. The summed E-state index contributed by atoms with van der Waals surface area (Å²) in [5.41, 5.74) is 0.330. The number of pyridine rings is 1. The van der Waals surface area contributed by atoms with Crippen molar-refractivity contribution in [3.8, 4) is 0 Å². The molecule has 0 atom stereocenters. The third-order valence-corrected chi connectivity index (χ3v) is 3.43. The fraction of sp³-hybridized carbons (Fsp3) is 0.267. The molecule has 3 rings (SSSR count). The molecule has 1 N–H and O–H groups in total. The molecule has 5 nitrogen and oxygen atoms in total. The van der Waals surface area contributed by atoms with Gasteiger partial charge in [0.1, 0.15) is 12.2 Å². The summed E-state index contributed by atoms with van der Waals surface area (Å²) in [6.07, 6.45) is 3.31. The van der Waals surface area contributed by atoms with E-state index in [2.05, 4.69) is 4.98 Å². The highest BCUT2D eigenvalue weighted by Gasteiger charge is 2.35. The zero-order valence-corrected chi connectivity index (χ0v) is 10.8. The van der Waals surface area contributed by atoms with Gasteiger partial charge in [-0.25, -0.2) is 0 Å². The van der Waals surface area contributed by atoms with E-state index in [1.54, 1.807) is 6.20 Å². The van der Waals surface area contributed by atoms with E-state index in [0.717, 1.165) is 23.6 Å². The van der Waals surface area contributed by atoms with E-state index in [-0.39, 0.29) is 18.5 Å². The minimum Gasteiger partial charge on any atom is -0.480 e. The fourth-order valence-corrected chi connectivity index (χ4v) is 2.32. The topological polar surface area (TPSA) is 70.5 Å².